The van der Waals surface area contributed by atoms with E-state index in [2.05, 4.69) is 15.2 Å². The van der Waals surface area contributed by atoms with E-state index in [1.165, 1.54) is 0 Å². The molecule has 0 aromatic carbocycles. The fourth-order valence-electron chi connectivity index (χ4n) is 1.58. The minimum Gasteiger partial charge on any atom is -0.324 e. The monoisotopic (exact) mass is 238 g/mol. The number of hydrogen-bond donors (Lipinski definition) is 2. The highest BCUT2D eigenvalue weighted by Crippen LogP contribution is 2.56. The van der Waals surface area contributed by atoms with Crippen molar-refractivity contribution in [1.29, 1.82) is 0 Å². The molecule has 0 bridgehead atoms. The molecular weight excluding hydrogens is 226 g/mol. The summed E-state index contributed by atoms with van der Waals surface area (Å²) in [6.45, 7) is 1.11. The van der Waals surface area contributed by atoms with Crippen molar-refractivity contribution in [3.63, 3.8) is 0 Å². The van der Waals surface area contributed by atoms with E-state index in [0.29, 0.717) is 18.7 Å². The van der Waals surface area contributed by atoms with Gasteiger partial charge in [0.15, 0.2) is 5.82 Å². The van der Waals surface area contributed by atoms with Crippen LogP contribution in [0.2, 0.25) is 0 Å². The lowest BCUT2D eigenvalue weighted by Crippen LogP contribution is -2.31. The van der Waals surface area contributed by atoms with Crippen molar-refractivity contribution in [1.82, 2.24) is 15.2 Å². The maximum Gasteiger partial charge on any atom is 0.258 e. The third-order valence-corrected chi connectivity index (χ3v) is 2.74. The highest BCUT2D eigenvalue weighted by molar-refractivity contribution is 5.85. The average molecular weight is 239 g/mol. The molecule has 1 aromatic heterocycles. The number of alkyl halides is 2. The molecule has 0 saturated heterocycles. The molecule has 86 valence electrons. The van der Waals surface area contributed by atoms with Crippen molar-refractivity contribution >= 4 is 12.4 Å². The second-order valence-electron chi connectivity index (χ2n) is 3.78. The molecule has 0 aliphatic heterocycles. The van der Waals surface area contributed by atoms with Gasteiger partial charge in [0.05, 0.1) is 12.0 Å². The van der Waals surface area contributed by atoms with Gasteiger partial charge in [-0.3, -0.25) is 5.10 Å². The van der Waals surface area contributed by atoms with Gasteiger partial charge in [-0.1, -0.05) is 0 Å². The largest absolute Gasteiger partial charge is 0.324 e. The van der Waals surface area contributed by atoms with Crippen LogP contribution in [0.5, 0.6) is 0 Å². The summed E-state index contributed by atoms with van der Waals surface area (Å²) >= 11 is 0. The summed E-state index contributed by atoms with van der Waals surface area (Å²) in [5, 5.41) is 6.35. The van der Waals surface area contributed by atoms with E-state index >= 15 is 0 Å². The van der Waals surface area contributed by atoms with E-state index in [1.807, 2.05) is 0 Å². The number of nitrogens with one attached hydrogen (secondary N) is 1. The number of aromatic amines is 1. The predicted molar refractivity (Wildman–Crippen MR) is 53.1 cm³/mol. The number of halogens is 3. The lowest BCUT2D eigenvalue weighted by Gasteiger charge is -2.19. The smallest absolute Gasteiger partial charge is 0.258 e. The van der Waals surface area contributed by atoms with Crippen molar-refractivity contribution in [2.24, 2.45) is 5.73 Å². The topological polar surface area (TPSA) is 67.6 Å². The van der Waals surface area contributed by atoms with Gasteiger partial charge in [0.2, 0.25) is 0 Å². The molecule has 1 fully saturated rings. The zero-order chi connectivity index (χ0) is 10.4. The Morgan fingerprint density at radius 3 is 2.47 bits per heavy atom. The zero-order valence-electron chi connectivity index (χ0n) is 8.26. The van der Waals surface area contributed by atoms with E-state index in [1.54, 1.807) is 0 Å². The normalized spacial score (nSPS) is 18.4. The van der Waals surface area contributed by atoms with Crippen LogP contribution in [-0.2, 0) is 12.0 Å². The number of nitrogens with two attached hydrogens (primary N) is 1. The summed E-state index contributed by atoms with van der Waals surface area (Å²) in [4.78, 5) is 3.96. The van der Waals surface area contributed by atoms with Gasteiger partial charge >= 0.3 is 0 Å². The molecule has 1 aromatic rings. The van der Waals surface area contributed by atoms with E-state index in [9.17, 15) is 8.78 Å². The quantitative estimate of drug-likeness (QED) is 0.836. The van der Waals surface area contributed by atoms with Crippen LogP contribution in [0.1, 0.15) is 31.4 Å². The van der Waals surface area contributed by atoms with Gasteiger partial charge in [-0.15, -0.1) is 12.4 Å². The third-order valence-electron chi connectivity index (χ3n) is 2.74. The Hall–Kier alpha value is -0.750. The number of hydrogen-bond acceptors (Lipinski definition) is 3. The molecule has 0 atom stereocenters. The first kappa shape index (κ1) is 12.3. The highest BCUT2D eigenvalue weighted by atomic mass is 35.5. The van der Waals surface area contributed by atoms with Crippen molar-refractivity contribution in [3.05, 3.63) is 11.6 Å². The fourth-order valence-corrected chi connectivity index (χ4v) is 1.58. The van der Waals surface area contributed by atoms with Gasteiger partial charge in [-0.25, -0.2) is 13.8 Å². The first-order valence-electron chi connectivity index (χ1n) is 4.49. The molecule has 1 heterocycles. The SMILES string of the molecule is CC(F)(F)C1(c2n[nH]c(CN)n2)CC1.Cl. The van der Waals surface area contributed by atoms with Crippen LogP contribution >= 0.6 is 12.4 Å². The van der Waals surface area contributed by atoms with Gasteiger partial charge in [-0.2, -0.15) is 5.10 Å². The standard InChI is InChI=1S/C8H12F2N4.ClH/c1-7(9,10)8(2-3-8)6-12-5(4-11)13-14-6;/h2-4,11H2,1H3,(H,12,13,14);1H. The molecule has 7 heteroatoms. The van der Waals surface area contributed by atoms with Crippen LogP contribution in [0.4, 0.5) is 8.78 Å². The van der Waals surface area contributed by atoms with Gasteiger partial charge in [0.25, 0.3) is 5.92 Å². The highest BCUT2D eigenvalue weighted by Gasteiger charge is 2.62. The summed E-state index contributed by atoms with van der Waals surface area (Å²) in [5.41, 5.74) is 4.17. The predicted octanol–water partition coefficient (Wildman–Crippen LogP) is 1.37. The number of nitrogens with zero attached hydrogens (tertiary/aromatic N) is 2. The molecule has 0 radical (unpaired) electrons. The lowest BCUT2D eigenvalue weighted by molar-refractivity contribution is -0.0228. The Bertz CT molecular complexity index is 343. The lowest BCUT2D eigenvalue weighted by atomic mass is 9.99. The van der Waals surface area contributed by atoms with Crippen molar-refractivity contribution in [2.75, 3.05) is 0 Å². The third kappa shape index (κ3) is 1.83. The maximum absolute atomic E-state index is 13.2. The van der Waals surface area contributed by atoms with Crippen molar-refractivity contribution in [2.45, 2.75) is 37.6 Å². The minimum atomic E-state index is -2.76. The van der Waals surface area contributed by atoms with Crippen molar-refractivity contribution in [3.8, 4) is 0 Å². The molecule has 1 saturated carbocycles. The number of rotatable bonds is 3. The molecule has 0 amide bonds. The van der Waals surface area contributed by atoms with Crippen LogP contribution < -0.4 is 5.73 Å². The van der Waals surface area contributed by atoms with E-state index in [-0.39, 0.29) is 24.8 Å². The molecule has 0 spiro atoms. The maximum atomic E-state index is 13.2. The summed E-state index contributed by atoms with van der Waals surface area (Å²) in [6, 6.07) is 0. The van der Waals surface area contributed by atoms with Gasteiger partial charge in [0, 0.05) is 6.92 Å². The Balaban J connectivity index is 0.00000112. The van der Waals surface area contributed by atoms with Crippen LogP contribution in [0.25, 0.3) is 0 Å². The summed E-state index contributed by atoms with van der Waals surface area (Å²) in [5.74, 6) is -2.11. The molecular formula is C8H13ClF2N4. The van der Waals surface area contributed by atoms with Gasteiger partial charge < -0.3 is 5.73 Å². The minimum absolute atomic E-state index is 0. The van der Waals surface area contributed by atoms with Crippen LogP contribution in [0.3, 0.4) is 0 Å². The molecule has 1 aliphatic rings. The van der Waals surface area contributed by atoms with E-state index in [0.717, 1.165) is 6.92 Å². The van der Waals surface area contributed by atoms with Gasteiger partial charge in [-0.05, 0) is 12.8 Å². The molecule has 0 unspecified atom stereocenters. The van der Waals surface area contributed by atoms with E-state index in [4.69, 9.17) is 5.73 Å². The first-order chi connectivity index (χ1) is 6.49. The Morgan fingerprint density at radius 1 is 1.53 bits per heavy atom. The zero-order valence-corrected chi connectivity index (χ0v) is 9.07. The second-order valence-corrected chi connectivity index (χ2v) is 3.78. The molecule has 3 N–H and O–H groups in total. The van der Waals surface area contributed by atoms with Crippen LogP contribution in [0, 0.1) is 0 Å². The second kappa shape index (κ2) is 3.68. The summed E-state index contributed by atoms with van der Waals surface area (Å²) < 4.78 is 26.5. The number of H-pyrrole nitrogens is 1. The Labute approximate surface area is 92.1 Å². The van der Waals surface area contributed by atoms with Crippen molar-refractivity contribution < 1.29 is 8.78 Å². The van der Waals surface area contributed by atoms with E-state index < -0.39 is 11.3 Å². The molecule has 2 rings (SSSR count). The molecule has 4 nitrogen and oxygen atoms in total. The summed E-state index contributed by atoms with van der Waals surface area (Å²) in [7, 11) is 0. The summed E-state index contributed by atoms with van der Waals surface area (Å²) in [6.07, 6.45) is 0.886. The van der Waals surface area contributed by atoms with Crippen LogP contribution in [-0.4, -0.2) is 21.1 Å². The fraction of sp³-hybridized carbons (Fsp3) is 0.750. The number of aromatic nitrogens is 3. The van der Waals surface area contributed by atoms with Crippen LogP contribution in [0.15, 0.2) is 0 Å². The Morgan fingerprint density at radius 2 is 2.13 bits per heavy atom. The molecule has 15 heavy (non-hydrogen) atoms. The first-order valence-corrected chi connectivity index (χ1v) is 4.49. The Kier molecular flexibility index (Phi) is 3.02. The van der Waals surface area contributed by atoms with Gasteiger partial charge in [0.1, 0.15) is 5.82 Å². The molecule has 1 aliphatic carbocycles. The average Bonchev–Trinajstić information content (AvgIpc) is 2.79.